The molecule has 0 atom stereocenters. The highest BCUT2D eigenvalue weighted by atomic mass is 16.5. The Morgan fingerprint density at radius 1 is 1.24 bits per heavy atom. The second-order valence-electron chi connectivity index (χ2n) is 4.44. The van der Waals surface area contributed by atoms with E-state index >= 15 is 0 Å². The molecule has 0 bridgehead atoms. The van der Waals surface area contributed by atoms with Gasteiger partial charge in [-0.25, -0.2) is 0 Å². The quantitative estimate of drug-likeness (QED) is 0.736. The summed E-state index contributed by atoms with van der Waals surface area (Å²) in [5.41, 5.74) is 1.13. The molecule has 0 aliphatic carbocycles. The maximum absolute atomic E-state index is 5.72. The largest absolute Gasteiger partial charge is 0.493 e. The van der Waals surface area contributed by atoms with Crippen molar-refractivity contribution in [1.29, 1.82) is 0 Å². The van der Waals surface area contributed by atoms with Crippen LogP contribution in [0.5, 0.6) is 11.5 Å². The third kappa shape index (κ3) is 4.51. The minimum absolute atomic E-state index is 0.656. The second kappa shape index (κ2) is 7.00. The minimum atomic E-state index is 0.656. The van der Waals surface area contributed by atoms with Gasteiger partial charge < -0.3 is 9.47 Å². The van der Waals surface area contributed by atoms with Crippen molar-refractivity contribution in [2.75, 3.05) is 13.7 Å². The Bertz CT molecular complexity index is 367. The number of hydrogen-bond donors (Lipinski definition) is 0. The maximum Gasteiger partial charge on any atom is 0.161 e. The first-order chi connectivity index (χ1) is 8.17. The molecule has 0 saturated carbocycles. The molecule has 0 heterocycles. The molecule has 0 aliphatic rings. The van der Waals surface area contributed by atoms with Gasteiger partial charge in [0.2, 0.25) is 0 Å². The Labute approximate surface area is 104 Å². The first kappa shape index (κ1) is 13.6. The van der Waals surface area contributed by atoms with Gasteiger partial charge in [0.05, 0.1) is 13.7 Å². The first-order valence-electron chi connectivity index (χ1n) is 6.11. The van der Waals surface area contributed by atoms with Crippen LogP contribution in [0, 0.1) is 5.92 Å². The lowest BCUT2D eigenvalue weighted by Crippen LogP contribution is -2.02. The summed E-state index contributed by atoms with van der Waals surface area (Å²) in [6, 6.07) is 5.99. The predicted molar refractivity (Wildman–Crippen MR) is 72.7 cm³/mol. The van der Waals surface area contributed by atoms with Crippen molar-refractivity contribution in [2.45, 2.75) is 27.2 Å². The molecule has 0 spiro atoms. The molecule has 1 rings (SSSR count). The lowest BCUT2D eigenvalue weighted by atomic mass is 10.1. The van der Waals surface area contributed by atoms with E-state index in [2.05, 4.69) is 13.8 Å². The van der Waals surface area contributed by atoms with E-state index in [1.165, 1.54) is 0 Å². The highest BCUT2D eigenvalue weighted by molar-refractivity contribution is 5.55. The minimum Gasteiger partial charge on any atom is -0.493 e. The zero-order valence-electron chi connectivity index (χ0n) is 11.2. The normalized spacial score (nSPS) is 11.1. The third-order valence-electron chi connectivity index (χ3n) is 2.50. The van der Waals surface area contributed by atoms with Gasteiger partial charge in [-0.1, -0.05) is 32.1 Å². The molecule has 0 aliphatic heterocycles. The van der Waals surface area contributed by atoms with E-state index in [9.17, 15) is 0 Å². The predicted octanol–water partition coefficient (Wildman–Crippen LogP) is 4.15. The smallest absolute Gasteiger partial charge is 0.161 e. The molecule has 0 radical (unpaired) electrons. The van der Waals surface area contributed by atoms with Crippen LogP contribution in [0.2, 0.25) is 0 Å². The molecule has 2 heteroatoms. The molecule has 0 unspecified atom stereocenters. The molecule has 0 fully saturated rings. The fourth-order valence-corrected chi connectivity index (χ4v) is 1.50. The Morgan fingerprint density at radius 3 is 2.59 bits per heavy atom. The van der Waals surface area contributed by atoms with Crippen LogP contribution < -0.4 is 9.47 Å². The van der Waals surface area contributed by atoms with Gasteiger partial charge in [0.1, 0.15) is 0 Å². The van der Waals surface area contributed by atoms with Gasteiger partial charge in [-0.15, -0.1) is 0 Å². The number of rotatable bonds is 6. The second-order valence-corrected chi connectivity index (χ2v) is 4.44. The maximum atomic E-state index is 5.72. The fraction of sp³-hybridized carbons (Fsp3) is 0.467. The SMILES string of the molecule is C/C=C\c1ccc(OCCC(C)C)c(OC)c1. The van der Waals surface area contributed by atoms with Crippen LogP contribution >= 0.6 is 0 Å². The van der Waals surface area contributed by atoms with Crippen LogP contribution in [-0.4, -0.2) is 13.7 Å². The molecule has 1 aromatic carbocycles. The number of benzene rings is 1. The molecule has 0 aromatic heterocycles. The average Bonchev–Trinajstić information content (AvgIpc) is 2.30. The van der Waals surface area contributed by atoms with Gasteiger partial charge in [-0.05, 0) is 37.0 Å². The number of ether oxygens (including phenoxy) is 2. The summed E-state index contributed by atoms with van der Waals surface area (Å²) in [7, 11) is 1.67. The van der Waals surface area contributed by atoms with Crippen LogP contribution in [0.3, 0.4) is 0 Å². The van der Waals surface area contributed by atoms with E-state index in [1.807, 2.05) is 37.3 Å². The van der Waals surface area contributed by atoms with Crippen molar-refractivity contribution in [3.63, 3.8) is 0 Å². The van der Waals surface area contributed by atoms with Crippen molar-refractivity contribution < 1.29 is 9.47 Å². The lowest BCUT2D eigenvalue weighted by Gasteiger charge is -2.12. The molecule has 0 N–H and O–H groups in total. The highest BCUT2D eigenvalue weighted by Crippen LogP contribution is 2.28. The highest BCUT2D eigenvalue weighted by Gasteiger charge is 2.05. The molecule has 0 amide bonds. The topological polar surface area (TPSA) is 18.5 Å². The summed E-state index contributed by atoms with van der Waals surface area (Å²) in [5, 5.41) is 0. The van der Waals surface area contributed by atoms with Gasteiger partial charge in [-0.3, -0.25) is 0 Å². The van der Waals surface area contributed by atoms with Crippen molar-refractivity contribution in [1.82, 2.24) is 0 Å². The van der Waals surface area contributed by atoms with E-state index in [4.69, 9.17) is 9.47 Å². The van der Waals surface area contributed by atoms with E-state index in [1.54, 1.807) is 7.11 Å². The van der Waals surface area contributed by atoms with Crippen molar-refractivity contribution in [2.24, 2.45) is 5.92 Å². The summed E-state index contributed by atoms with van der Waals surface area (Å²) in [6.45, 7) is 7.11. The standard InChI is InChI=1S/C15H22O2/c1-5-6-13-7-8-14(15(11-13)16-4)17-10-9-12(2)3/h5-8,11-12H,9-10H2,1-4H3/b6-5-. The number of allylic oxidation sites excluding steroid dienone is 1. The Morgan fingerprint density at radius 2 is 2.00 bits per heavy atom. The van der Waals surface area contributed by atoms with E-state index in [0.29, 0.717) is 5.92 Å². The Kier molecular flexibility index (Phi) is 5.61. The van der Waals surface area contributed by atoms with E-state index in [-0.39, 0.29) is 0 Å². The van der Waals surface area contributed by atoms with Gasteiger partial charge in [0, 0.05) is 0 Å². The zero-order chi connectivity index (χ0) is 12.7. The summed E-state index contributed by atoms with van der Waals surface area (Å²) in [6.07, 6.45) is 5.11. The van der Waals surface area contributed by atoms with E-state index in [0.717, 1.165) is 30.1 Å². The van der Waals surface area contributed by atoms with Crippen LogP contribution in [0.15, 0.2) is 24.3 Å². The van der Waals surface area contributed by atoms with Crippen molar-refractivity contribution >= 4 is 6.08 Å². The summed E-state index contributed by atoms with van der Waals surface area (Å²) in [4.78, 5) is 0. The average molecular weight is 234 g/mol. The number of hydrogen-bond acceptors (Lipinski definition) is 2. The monoisotopic (exact) mass is 234 g/mol. The Balaban J connectivity index is 2.71. The van der Waals surface area contributed by atoms with Gasteiger partial charge in [0.25, 0.3) is 0 Å². The molecule has 17 heavy (non-hydrogen) atoms. The first-order valence-corrected chi connectivity index (χ1v) is 6.11. The van der Waals surface area contributed by atoms with Crippen LogP contribution in [0.4, 0.5) is 0 Å². The lowest BCUT2D eigenvalue weighted by molar-refractivity contribution is 0.273. The molecule has 94 valence electrons. The molecular formula is C15H22O2. The zero-order valence-corrected chi connectivity index (χ0v) is 11.2. The van der Waals surface area contributed by atoms with Gasteiger partial charge in [0.15, 0.2) is 11.5 Å². The van der Waals surface area contributed by atoms with Crippen LogP contribution in [0.1, 0.15) is 32.8 Å². The molecular weight excluding hydrogens is 212 g/mol. The van der Waals surface area contributed by atoms with Crippen LogP contribution in [0.25, 0.3) is 6.08 Å². The number of methoxy groups -OCH3 is 1. The van der Waals surface area contributed by atoms with Gasteiger partial charge in [-0.2, -0.15) is 0 Å². The van der Waals surface area contributed by atoms with E-state index < -0.39 is 0 Å². The van der Waals surface area contributed by atoms with Crippen molar-refractivity contribution in [3.8, 4) is 11.5 Å². The van der Waals surface area contributed by atoms with Crippen molar-refractivity contribution in [3.05, 3.63) is 29.8 Å². The summed E-state index contributed by atoms with van der Waals surface area (Å²) in [5.74, 6) is 2.27. The summed E-state index contributed by atoms with van der Waals surface area (Å²) < 4.78 is 11.1. The molecule has 1 aromatic rings. The summed E-state index contributed by atoms with van der Waals surface area (Å²) >= 11 is 0. The Hall–Kier alpha value is -1.44. The third-order valence-corrected chi connectivity index (χ3v) is 2.50. The van der Waals surface area contributed by atoms with Gasteiger partial charge >= 0.3 is 0 Å². The molecule has 2 nitrogen and oxygen atoms in total. The molecule has 0 saturated heterocycles. The fourth-order valence-electron chi connectivity index (χ4n) is 1.50. The van der Waals surface area contributed by atoms with Crippen LogP contribution in [-0.2, 0) is 0 Å².